The Hall–Kier alpha value is -2.43. The third-order valence-corrected chi connectivity index (χ3v) is 3.20. The molecule has 6 heteroatoms. The fraction of sp³-hybridized carbons (Fsp3) is 0.267. The Morgan fingerprint density at radius 1 is 1.29 bits per heavy atom. The monoisotopic (exact) mass is 286 g/mol. The van der Waals surface area contributed by atoms with Gasteiger partial charge in [-0.1, -0.05) is 35.4 Å². The number of hydrogen-bond donors (Lipinski definition) is 0. The second-order valence-electron chi connectivity index (χ2n) is 4.45. The quantitative estimate of drug-likeness (QED) is 0.456. The van der Waals surface area contributed by atoms with Crippen molar-refractivity contribution in [2.75, 3.05) is 13.8 Å². The molecule has 0 bridgehead atoms. The van der Waals surface area contributed by atoms with Crippen molar-refractivity contribution in [3.8, 4) is 11.1 Å². The first-order valence-electron chi connectivity index (χ1n) is 6.43. The summed E-state index contributed by atoms with van der Waals surface area (Å²) in [6.45, 7) is -0.771. The largest absolute Gasteiger partial charge is 0.376 e. The van der Waals surface area contributed by atoms with Crippen LogP contribution in [0.1, 0.15) is 11.7 Å². The minimum atomic E-state index is -0.871. The SMILES string of the molecule is CO[C@H](c1ccc(-c2cccnc2)cc1)[C@@H](CF)N=[N+]=[N-]. The van der Waals surface area contributed by atoms with Crippen LogP contribution in [0, 0.1) is 0 Å². The highest BCUT2D eigenvalue weighted by molar-refractivity contribution is 5.62. The minimum absolute atomic E-state index is 0.603. The molecule has 0 aliphatic heterocycles. The standard InChI is InChI=1S/C15H15FN4O/c1-21-15(14(9-16)19-20-17)12-6-4-11(5-7-12)13-3-2-8-18-10-13/h2-8,10,14-15H,9H2,1H3/t14-,15-/m1/s1. The second kappa shape index (κ2) is 7.38. The van der Waals surface area contributed by atoms with Crippen LogP contribution in [0.4, 0.5) is 4.39 Å². The number of rotatable bonds is 6. The lowest BCUT2D eigenvalue weighted by molar-refractivity contribution is 0.0722. The van der Waals surface area contributed by atoms with Crippen molar-refractivity contribution in [1.29, 1.82) is 0 Å². The molecule has 1 aromatic heterocycles. The maximum Gasteiger partial charge on any atom is 0.101 e. The maximum atomic E-state index is 13.0. The Bertz CT molecular complexity index is 611. The van der Waals surface area contributed by atoms with Gasteiger partial charge in [0.2, 0.25) is 0 Å². The zero-order valence-electron chi connectivity index (χ0n) is 11.6. The first-order chi connectivity index (χ1) is 10.3. The Labute approximate surface area is 122 Å². The van der Waals surface area contributed by atoms with Crippen molar-refractivity contribution < 1.29 is 9.13 Å². The summed E-state index contributed by atoms with van der Waals surface area (Å²) >= 11 is 0. The van der Waals surface area contributed by atoms with Crippen molar-refractivity contribution in [2.45, 2.75) is 12.1 Å². The summed E-state index contributed by atoms with van der Waals surface area (Å²) in [6.07, 6.45) is 2.88. The van der Waals surface area contributed by atoms with Gasteiger partial charge in [-0.2, -0.15) is 0 Å². The van der Waals surface area contributed by atoms with E-state index < -0.39 is 18.8 Å². The number of alkyl halides is 1. The molecule has 0 saturated heterocycles. The number of benzene rings is 1. The molecule has 108 valence electrons. The molecule has 2 rings (SSSR count). The Balaban J connectivity index is 2.26. The Kier molecular flexibility index (Phi) is 5.26. The van der Waals surface area contributed by atoms with E-state index in [4.69, 9.17) is 10.3 Å². The van der Waals surface area contributed by atoms with Gasteiger partial charge >= 0.3 is 0 Å². The molecule has 0 spiro atoms. The molecule has 0 unspecified atom stereocenters. The van der Waals surface area contributed by atoms with E-state index in [0.717, 1.165) is 16.7 Å². The summed E-state index contributed by atoms with van der Waals surface area (Å²) < 4.78 is 18.2. The molecular formula is C15H15FN4O. The van der Waals surface area contributed by atoms with E-state index in [2.05, 4.69) is 15.0 Å². The molecule has 1 heterocycles. The van der Waals surface area contributed by atoms with E-state index >= 15 is 0 Å². The number of aromatic nitrogens is 1. The summed E-state index contributed by atoms with van der Waals surface area (Å²) in [5.41, 5.74) is 11.2. The zero-order chi connectivity index (χ0) is 15.1. The second-order valence-corrected chi connectivity index (χ2v) is 4.45. The lowest BCUT2D eigenvalue weighted by Gasteiger charge is -2.20. The average Bonchev–Trinajstić information content (AvgIpc) is 2.56. The van der Waals surface area contributed by atoms with Gasteiger partial charge in [0.25, 0.3) is 0 Å². The van der Waals surface area contributed by atoms with Crippen LogP contribution in [0.2, 0.25) is 0 Å². The highest BCUT2D eigenvalue weighted by Gasteiger charge is 2.22. The van der Waals surface area contributed by atoms with E-state index in [1.54, 1.807) is 12.4 Å². The normalized spacial score (nSPS) is 13.2. The molecule has 2 atom stereocenters. The Morgan fingerprint density at radius 2 is 2.05 bits per heavy atom. The van der Waals surface area contributed by atoms with Gasteiger partial charge in [0.1, 0.15) is 6.67 Å². The summed E-state index contributed by atoms with van der Waals surface area (Å²) in [5.74, 6) is 0. The highest BCUT2D eigenvalue weighted by Crippen LogP contribution is 2.26. The number of azide groups is 1. The third kappa shape index (κ3) is 3.56. The molecule has 0 fully saturated rings. The van der Waals surface area contributed by atoms with Crippen LogP contribution in [-0.2, 0) is 4.74 Å². The number of ether oxygens (including phenoxy) is 1. The predicted molar refractivity (Wildman–Crippen MR) is 78.3 cm³/mol. The van der Waals surface area contributed by atoms with Gasteiger partial charge < -0.3 is 4.74 Å². The van der Waals surface area contributed by atoms with Gasteiger partial charge in [-0.25, -0.2) is 0 Å². The van der Waals surface area contributed by atoms with Crippen LogP contribution >= 0.6 is 0 Å². The number of nitrogens with zero attached hydrogens (tertiary/aromatic N) is 4. The van der Waals surface area contributed by atoms with Gasteiger partial charge in [-0.05, 0) is 28.3 Å². The van der Waals surface area contributed by atoms with Crippen LogP contribution in [0.3, 0.4) is 0 Å². The summed E-state index contributed by atoms with van der Waals surface area (Å²) in [5, 5.41) is 3.44. The average molecular weight is 286 g/mol. The number of methoxy groups -OCH3 is 1. The Morgan fingerprint density at radius 3 is 2.57 bits per heavy atom. The first kappa shape index (κ1) is 15.0. The van der Waals surface area contributed by atoms with Crippen LogP contribution in [0.5, 0.6) is 0 Å². The van der Waals surface area contributed by atoms with E-state index in [1.807, 2.05) is 36.4 Å². The topological polar surface area (TPSA) is 70.9 Å². The van der Waals surface area contributed by atoms with Crippen LogP contribution < -0.4 is 0 Å². The van der Waals surface area contributed by atoms with Gasteiger partial charge in [-0.3, -0.25) is 9.37 Å². The van der Waals surface area contributed by atoms with E-state index in [0.29, 0.717) is 0 Å². The zero-order valence-corrected chi connectivity index (χ0v) is 11.6. The smallest absolute Gasteiger partial charge is 0.101 e. The summed E-state index contributed by atoms with van der Waals surface area (Å²) in [7, 11) is 1.47. The van der Waals surface area contributed by atoms with Crippen molar-refractivity contribution in [3.63, 3.8) is 0 Å². The van der Waals surface area contributed by atoms with E-state index in [-0.39, 0.29) is 0 Å². The van der Waals surface area contributed by atoms with Gasteiger partial charge in [-0.15, -0.1) is 0 Å². The molecule has 21 heavy (non-hydrogen) atoms. The minimum Gasteiger partial charge on any atom is -0.376 e. The van der Waals surface area contributed by atoms with Crippen molar-refractivity contribution in [2.24, 2.45) is 5.11 Å². The van der Waals surface area contributed by atoms with Gasteiger partial charge in [0.05, 0.1) is 12.1 Å². The number of pyridine rings is 1. The van der Waals surface area contributed by atoms with Crippen LogP contribution in [-0.4, -0.2) is 24.8 Å². The van der Waals surface area contributed by atoms with Gasteiger partial charge in [0, 0.05) is 24.4 Å². The maximum absolute atomic E-state index is 13.0. The molecule has 2 aromatic rings. The molecule has 1 aromatic carbocycles. The lowest BCUT2D eigenvalue weighted by Crippen LogP contribution is -2.20. The summed E-state index contributed by atoms with van der Waals surface area (Å²) in [6, 6.07) is 10.4. The highest BCUT2D eigenvalue weighted by atomic mass is 19.1. The van der Waals surface area contributed by atoms with Crippen LogP contribution in [0.15, 0.2) is 53.9 Å². The molecular weight excluding hydrogens is 271 g/mol. The molecule has 0 aliphatic rings. The van der Waals surface area contributed by atoms with Crippen molar-refractivity contribution in [3.05, 3.63) is 64.8 Å². The molecule has 0 amide bonds. The fourth-order valence-electron chi connectivity index (χ4n) is 2.15. The molecule has 0 N–H and O–H groups in total. The molecule has 0 saturated carbocycles. The van der Waals surface area contributed by atoms with Gasteiger partial charge in [0.15, 0.2) is 0 Å². The van der Waals surface area contributed by atoms with Crippen molar-refractivity contribution >= 4 is 0 Å². The summed E-state index contributed by atoms with van der Waals surface area (Å²) in [4.78, 5) is 6.73. The first-order valence-corrected chi connectivity index (χ1v) is 6.43. The number of halogens is 1. The number of hydrogen-bond acceptors (Lipinski definition) is 3. The van der Waals surface area contributed by atoms with E-state index in [1.165, 1.54) is 7.11 Å². The van der Waals surface area contributed by atoms with Crippen molar-refractivity contribution in [1.82, 2.24) is 4.98 Å². The molecule has 5 nitrogen and oxygen atoms in total. The fourth-order valence-corrected chi connectivity index (χ4v) is 2.15. The molecule has 0 radical (unpaired) electrons. The third-order valence-electron chi connectivity index (χ3n) is 3.20. The van der Waals surface area contributed by atoms with Crippen LogP contribution in [0.25, 0.3) is 21.6 Å². The molecule has 0 aliphatic carbocycles. The predicted octanol–water partition coefficient (Wildman–Crippen LogP) is 4.08. The van der Waals surface area contributed by atoms with E-state index in [9.17, 15) is 4.39 Å². The lowest BCUT2D eigenvalue weighted by atomic mass is 10.00.